The Morgan fingerprint density at radius 2 is 2.04 bits per heavy atom. The molecule has 8 heteroatoms. The molecule has 0 spiro atoms. The molecule has 1 aromatic rings. The first-order valence-electron chi connectivity index (χ1n) is 7.55. The van der Waals surface area contributed by atoms with Gasteiger partial charge in [-0.2, -0.15) is 4.98 Å². The van der Waals surface area contributed by atoms with Gasteiger partial charge >= 0.3 is 5.69 Å². The lowest BCUT2D eigenvalue weighted by Crippen LogP contribution is -2.36. The number of rotatable bonds is 5. The van der Waals surface area contributed by atoms with E-state index in [0.29, 0.717) is 12.2 Å². The van der Waals surface area contributed by atoms with E-state index in [0.717, 1.165) is 6.16 Å². The number of aliphatic hydroxyl groups is 2. The first kappa shape index (κ1) is 18.2. The molecule has 0 aliphatic carbocycles. The maximum atomic E-state index is 12.2. The van der Waals surface area contributed by atoms with E-state index in [-0.39, 0.29) is 0 Å². The van der Waals surface area contributed by atoms with Gasteiger partial charge in [0.2, 0.25) is 0 Å². The van der Waals surface area contributed by atoms with Gasteiger partial charge in [0.1, 0.15) is 18.0 Å². The molecule has 130 valence electrons. The Hall–Kier alpha value is -1.14. The Kier molecular flexibility index (Phi) is 5.36. The topological polar surface area (TPSA) is 87.8 Å². The number of ether oxygens (including phenoxy) is 1. The molecule has 23 heavy (non-hydrogen) atoms. The summed E-state index contributed by atoms with van der Waals surface area (Å²) in [6, 6.07) is 1.67. The molecule has 1 unspecified atom stereocenters. The Labute approximate surface area is 136 Å². The molecule has 2 heterocycles. The van der Waals surface area contributed by atoms with Crippen LogP contribution in [-0.4, -0.2) is 78.0 Å². The summed E-state index contributed by atoms with van der Waals surface area (Å²) in [6.45, 7) is 2.97. The summed E-state index contributed by atoms with van der Waals surface area (Å²) in [7, 11) is 3.58. The van der Waals surface area contributed by atoms with Crippen molar-refractivity contribution in [3.8, 4) is 0 Å². The van der Waals surface area contributed by atoms with Crippen molar-refractivity contribution in [2.75, 3.05) is 38.5 Å². The second-order valence-electron chi connectivity index (χ2n) is 6.86. The predicted molar refractivity (Wildman–Crippen MR) is 94.1 cm³/mol. The highest BCUT2D eigenvalue weighted by atomic mass is 31.2. The molecule has 1 aliphatic rings. The number of hydrogen-bond donors (Lipinski definition) is 2. The number of anilines is 1. The second-order valence-corrected chi connectivity index (χ2v) is 11.2. The first-order valence-corrected chi connectivity index (χ1v) is 10.6. The van der Waals surface area contributed by atoms with Crippen molar-refractivity contribution in [2.45, 2.75) is 31.0 Å². The van der Waals surface area contributed by atoms with Crippen LogP contribution in [0.3, 0.4) is 0 Å². The lowest BCUT2D eigenvalue weighted by molar-refractivity contribution is -0.0401. The summed E-state index contributed by atoms with van der Waals surface area (Å²) in [5.74, 6) is 0.527. The van der Waals surface area contributed by atoms with Crippen LogP contribution in [0.15, 0.2) is 17.1 Å². The minimum Gasteiger partial charge on any atom is -0.388 e. The minimum atomic E-state index is -1.24. The number of aromatic nitrogens is 2. The lowest BCUT2D eigenvalue weighted by atomic mass is 10.1. The van der Waals surface area contributed by atoms with E-state index in [1.54, 1.807) is 25.1 Å². The van der Waals surface area contributed by atoms with Gasteiger partial charge in [0, 0.05) is 20.3 Å². The summed E-state index contributed by atoms with van der Waals surface area (Å²) in [4.78, 5) is 17.8. The van der Waals surface area contributed by atoms with Crippen molar-refractivity contribution in [3.05, 3.63) is 22.7 Å². The molecule has 1 fully saturated rings. The van der Waals surface area contributed by atoms with Crippen LogP contribution in [-0.2, 0) is 4.74 Å². The normalized spacial score (nSPS) is 28.1. The second kappa shape index (κ2) is 6.77. The van der Waals surface area contributed by atoms with Crippen LogP contribution in [0.1, 0.15) is 12.6 Å². The van der Waals surface area contributed by atoms with Gasteiger partial charge in [0.15, 0.2) is 6.23 Å². The van der Waals surface area contributed by atoms with E-state index < -0.39 is 37.1 Å². The molecule has 2 N–H and O–H groups in total. The molecule has 0 saturated carbocycles. The number of aliphatic hydroxyl groups excluding tert-OH is 2. The fourth-order valence-corrected chi connectivity index (χ4v) is 3.47. The highest BCUT2D eigenvalue weighted by Crippen LogP contribution is 2.39. The molecule has 1 saturated heterocycles. The lowest BCUT2D eigenvalue weighted by Gasteiger charge is -2.19. The molecule has 0 bridgehead atoms. The number of hydrogen-bond acceptors (Lipinski definition) is 6. The zero-order chi connectivity index (χ0) is 17.4. The van der Waals surface area contributed by atoms with Gasteiger partial charge in [-0.25, -0.2) is 4.79 Å². The van der Waals surface area contributed by atoms with E-state index in [1.165, 1.54) is 10.8 Å². The van der Waals surface area contributed by atoms with Crippen LogP contribution in [0.2, 0.25) is 0 Å². The van der Waals surface area contributed by atoms with Gasteiger partial charge < -0.3 is 19.8 Å². The van der Waals surface area contributed by atoms with Crippen molar-refractivity contribution in [1.29, 1.82) is 0 Å². The zero-order valence-corrected chi connectivity index (χ0v) is 15.0. The van der Waals surface area contributed by atoms with E-state index in [9.17, 15) is 15.0 Å². The van der Waals surface area contributed by atoms with Gasteiger partial charge in [0.25, 0.3) is 0 Å². The van der Waals surface area contributed by atoms with Crippen LogP contribution in [0, 0.1) is 0 Å². The van der Waals surface area contributed by atoms with E-state index in [2.05, 4.69) is 24.6 Å². The molecular weight excluding hydrogens is 317 g/mol. The van der Waals surface area contributed by atoms with Gasteiger partial charge in [-0.1, -0.05) is 0 Å². The van der Waals surface area contributed by atoms with Crippen molar-refractivity contribution < 1.29 is 14.9 Å². The predicted octanol–water partition coefficient (Wildman–Crippen LogP) is 0.0278. The van der Waals surface area contributed by atoms with Crippen molar-refractivity contribution >= 4 is 19.0 Å². The maximum Gasteiger partial charge on any atom is 0.351 e. The largest absolute Gasteiger partial charge is 0.388 e. The van der Waals surface area contributed by atoms with Gasteiger partial charge in [-0.3, -0.25) is 4.57 Å². The quantitative estimate of drug-likeness (QED) is 0.734. The summed E-state index contributed by atoms with van der Waals surface area (Å²) >= 11 is 0. The molecule has 1 aromatic heterocycles. The van der Waals surface area contributed by atoms with Gasteiger partial charge in [-0.05, 0) is 32.0 Å². The standard InChI is InChI=1S/C15H26N3O4P/c1-17(2)11-6-8-18(15(21)16-11)14-13(20)12(19)10(22-14)7-9-23(3,4)5/h6,8,10,12-14,19-20H,3,7,9H2,1-2,4-5H3/t10-,12-,13-,14?/m1/s1. The van der Waals surface area contributed by atoms with Gasteiger partial charge in [0.05, 0.1) is 6.10 Å². The number of nitrogens with zero attached hydrogens (tertiary/aromatic N) is 3. The van der Waals surface area contributed by atoms with Crippen LogP contribution < -0.4 is 10.6 Å². The Bertz CT molecular complexity index is 654. The fraction of sp³-hybridized carbons (Fsp3) is 0.667. The van der Waals surface area contributed by atoms with Crippen molar-refractivity contribution in [1.82, 2.24) is 9.55 Å². The highest BCUT2D eigenvalue weighted by Gasteiger charge is 2.43. The minimum absolute atomic E-state index is 0.503. The van der Waals surface area contributed by atoms with E-state index in [4.69, 9.17) is 4.74 Å². The molecule has 2 rings (SSSR count). The maximum absolute atomic E-state index is 12.2. The fourth-order valence-electron chi connectivity index (χ4n) is 2.52. The Balaban J connectivity index is 2.18. The Morgan fingerprint density at radius 1 is 1.39 bits per heavy atom. The van der Waals surface area contributed by atoms with Crippen LogP contribution >= 0.6 is 6.89 Å². The summed E-state index contributed by atoms with van der Waals surface area (Å²) in [5.41, 5.74) is -0.516. The zero-order valence-electron chi connectivity index (χ0n) is 14.1. The SMILES string of the molecule is C=P(C)(C)CC[C@H]1OC(n2ccc(N(C)C)nc2=O)[C@H](O)[C@@H]1O. The van der Waals surface area contributed by atoms with E-state index >= 15 is 0 Å². The van der Waals surface area contributed by atoms with Crippen molar-refractivity contribution in [3.63, 3.8) is 0 Å². The third-order valence-electron chi connectivity index (χ3n) is 3.90. The molecule has 1 aliphatic heterocycles. The van der Waals surface area contributed by atoms with Gasteiger partial charge in [-0.15, -0.1) is 13.2 Å². The summed E-state index contributed by atoms with van der Waals surface area (Å²) in [6.07, 6.45) is 3.52. The Morgan fingerprint density at radius 3 is 2.57 bits per heavy atom. The molecule has 4 atom stereocenters. The average Bonchev–Trinajstić information content (AvgIpc) is 2.72. The highest BCUT2D eigenvalue weighted by molar-refractivity contribution is 7.72. The summed E-state index contributed by atoms with van der Waals surface area (Å²) in [5, 5.41) is 20.4. The third-order valence-corrected chi connectivity index (χ3v) is 5.37. The third kappa shape index (κ3) is 4.23. The van der Waals surface area contributed by atoms with Crippen LogP contribution in [0.5, 0.6) is 0 Å². The molecule has 0 radical (unpaired) electrons. The van der Waals surface area contributed by atoms with E-state index in [1.807, 2.05) is 0 Å². The van der Waals surface area contributed by atoms with Crippen LogP contribution in [0.25, 0.3) is 0 Å². The van der Waals surface area contributed by atoms with Crippen LogP contribution in [0.4, 0.5) is 5.82 Å². The monoisotopic (exact) mass is 343 g/mol. The molecule has 0 amide bonds. The smallest absolute Gasteiger partial charge is 0.351 e. The van der Waals surface area contributed by atoms with Crippen molar-refractivity contribution in [2.24, 2.45) is 0 Å². The molecule has 7 nitrogen and oxygen atoms in total. The first-order chi connectivity index (χ1) is 10.6. The molecular formula is C15H26N3O4P. The summed E-state index contributed by atoms with van der Waals surface area (Å²) < 4.78 is 6.98. The average molecular weight is 343 g/mol. The molecule has 0 aromatic carbocycles.